The van der Waals surface area contributed by atoms with Crippen LogP contribution in [0.2, 0.25) is 0 Å². The highest BCUT2D eigenvalue weighted by Crippen LogP contribution is 2.25. The fourth-order valence-electron chi connectivity index (χ4n) is 2.42. The molecule has 6 heteroatoms. The third-order valence-corrected chi connectivity index (χ3v) is 3.51. The average molecular weight is 264 g/mol. The zero-order valence-electron chi connectivity index (χ0n) is 12.0. The SMILES string of the molecule is Cc1nn(C(C)C)c(C)c1NC1CC(=O)N(C)C1=O. The van der Waals surface area contributed by atoms with Crippen LogP contribution in [-0.4, -0.2) is 39.6 Å². The number of carbonyl (C=O) groups excluding carboxylic acids is 2. The van der Waals surface area contributed by atoms with Gasteiger partial charge in [0, 0.05) is 13.1 Å². The molecule has 0 spiro atoms. The van der Waals surface area contributed by atoms with Crippen LogP contribution in [-0.2, 0) is 9.59 Å². The summed E-state index contributed by atoms with van der Waals surface area (Å²) >= 11 is 0. The first-order valence-corrected chi connectivity index (χ1v) is 6.45. The minimum absolute atomic E-state index is 0.144. The summed E-state index contributed by atoms with van der Waals surface area (Å²) in [5.74, 6) is -0.324. The van der Waals surface area contributed by atoms with Crippen molar-refractivity contribution in [3.63, 3.8) is 0 Å². The van der Waals surface area contributed by atoms with E-state index in [1.54, 1.807) is 0 Å². The van der Waals surface area contributed by atoms with Crippen molar-refractivity contribution < 1.29 is 9.59 Å². The Bertz CT molecular complexity index is 533. The zero-order chi connectivity index (χ0) is 14.3. The molecule has 104 valence electrons. The van der Waals surface area contributed by atoms with Gasteiger partial charge in [0.05, 0.1) is 23.5 Å². The Morgan fingerprint density at radius 3 is 2.37 bits per heavy atom. The van der Waals surface area contributed by atoms with Crippen LogP contribution < -0.4 is 5.32 Å². The number of nitrogens with one attached hydrogen (secondary N) is 1. The second-order valence-electron chi connectivity index (χ2n) is 5.28. The van der Waals surface area contributed by atoms with Gasteiger partial charge in [-0.1, -0.05) is 0 Å². The highest BCUT2D eigenvalue weighted by atomic mass is 16.2. The van der Waals surface area contributed by atoms with E-state index in [2.05, 4.69) is 24.3 Å². The highest BCUT2D eigenvalue weighted by molar-refractivity contribution is 6.06. The summed E-state index contributed by atoms with van der Waals surface area (Å²) in [4.78, 5) is 24.6. The van der Waals surface area contributed by atoms with Crippen LogP contribution in [0.3, 0.4) is 0 Å². The molecular weight excluding hydrogens is 244 g/mol. The molecule has 2 heterocycles. The molecule has 0 aliphatic carbocycles. The van der Waals surface area contributed by atoms with Gasteiger partial charge >= 0.3 is 0 Å². The number of nitrogens with zero attached hydrogens (tertiary/aromatic N) is 3. The molecule has 2 rings (SSSR count). The van der Waals surface area contributed by atoms with Crippen LogP contribution in [0.25, 0.3) is 0 Å². The van der Waals surface area contributed by atoms with Crippen LogP contribution in [0.1, 0.15) is 37.7 Å². The molecule has 0 radical (unpaired) electrons. The van der Waals surface area contributed by atoms with Gasteiger partial charge < -0.3 is 5.32 Å². The summed E-state index contributed by atoms with van der Waals surface area (Å²) in [6.07, 6.45) is 0.209. The Kier molecular flexibility index (Phi) is 3.34. The van der Waals surface area contributed by atoms with Crippen LogP contribution in [0, 0.1) is 13.8 Å². The van der Waals surface area contributed by atoms with Gasteiger partial charge in [-0.3, -0.25) is 19.2 Å². The Morgan fingerprint density at radius 2 is 1.95 bits per heavy atom. The lowest BCUT2D eigenvalue weighted by atomic mass is 10.2. The van der Waals surface area contributed by atoms with Crippen molar-refractivity contribution in [2.75, 3.05) is 12.4 Å². The largest absolute Gasteiger partial charge is 0.370 e. The predicted octanol–water partition coefficient (Wildman–Crippen LogP) is 1.25. The molecule has 6 nitrogen and oxygen atoms in total. The lowest BCUT2D eigenvalue weighted by Crippen LogP contribution is -2.32. The molecule has 0 saturated carbocycles. The van der Waals surface area contributed by atoms with Gasteiger partial charge in [0.15, 0.2) is 0 Å². The van der Waals surface area contributed by atoms with Crippen LogP contribution >= 0.6 is 0 Å². The molecule has 1 saturated heterocycles. The standard InChI is InChI=1S/C13H20N4O2/c1-7(2)17-9(4)12(8(3)15-17)14-10-6-11(18)16(5)13(10)19/h7,10,14H,6H2,1-5H3. The topological polar surface area (TPSA) is 67.2 Å². The number of imide groups is 1. The fraction of sp³-hybridized carbons (Fsp3) is 0.615. The third kappa shape index (κ3) is 2.22. The van der Waals surface area contributed by atoms with Crippen molar-refractivity contribution >= 4 is 17.5 Å². The number of aryl methyl sites for hydroxylation is 1. The van der Waals surface area contributed by atoms with E-state index in [-0.39, 0.29) is 24.3 Å². The summed E-state index contributed by atoms with van der Waals surface area (Å²) in [5.41, 5.74) is 2.69. The normalized spacial score (nSPS) is 19.7. The maximum absolute atomic E-state index is 11.9. The number of likely N-dealkylation sites (tertiary alicyclic amines) is 1. The lowest BCUT2D eigenvalue weighted by Gasteiger charge is -2.13. The van der Waals surface area contributed by atoms with E-state index in [0.717, 1.165) is 17.1 Å². The molecule has 1 N–H and O–H groups in total. The van der Waals surface area contributed by atoms with E-state index in [9.17, 15) is 9.59 Å². The van der Waals surface area contributed by atoms with E-state index in [1.165, 1.54) is 11.9 Å². The number of hydrogen-bond donors (Lipinski definition) is 1. The summed E-state index contributed by atoms with van der Waals surface area (Å²) in [6.45, 7) is 7.98. The molecule has 1 aromatic heterocycles. The van der Waals surface area contributed by atoms with E-state index in [0.29, 0.717) is 0 Å². The fourth-order valence-corrected chi connectivity index (χ4v) is 2.42. The number of anilines is 1. The quantitative estimate of drug-likeness (QED) is 0.834. The van der Waals surface area contributed by atoms with Gasteiger partial charge in [-0.05, 0) is 27.7 Å². The van der Waals surface area contributed by atoms with Gasteiger partial charge in [-0.15, -0.1) is 0 Å². The van der Waals surface area contributed by atoms with Crippen LogP contribution in [0.15, 0.2) is 0 Å². The molecule has 2 amide bonds. The Labute approximate surface area is 112 Å². The first-order chi connectivity index (χ1) is 8.82. The number of rotatable bonds is 3. The average Bonchev–Trinajstić information content (AvgIpc) is 2.75. The molecule has 1 aliphatic rings. The minimum Gasteiger partial charge on any atom is -0.370 e. The molecule has 1 fully saturated rings. The van der Waals surface area contributed by atoms with E-state index < -0.39 is 6.04 Å². The summed E-state index contributed by atoms with van der Waals surface area (Å²) in [7, 11) is 1.52. The minimum atomic E-state index is -0.472. The van der Waals surface area contributed by atoms with Crippen molar-refractivity contribution in [3.8, 4) is 0 Å². The number of amides is 2. The molecule has 1 aromatic rings. The second kappa shape index (κ2) is 4.68. The van der Waals surface area contributed by atoms with Gasteiger partial charge in [-0.25, -0.2) is 0 Å². The Hall–Kier alpha value is -1.85. The second-order valence-corrected chi connectivity index (χ2v) is 5.28. The van der Waals surface area contributed by atoms with Gasteiger partial charge in [0.25, 0.3) is 5.91 Å². The predicted molar refractivity (Wildman–Crippen MR) is 71.9 cm³/mol. The maximum Gasteiger partial charge on any atom is 0.251 e. The smallest absolute Gasteiger partial charge is 0.251 e. The number of carbonyl (C=O) groups is 2. The summed E-state index contributed by atoms with van der Waals surface area (Å²) < 4.78 is 1.92. The molecule has 0 bridgehead atoms. The van der Waals surface area contributed by atoms with Crippen molar-refractivity contribution in [1.29, 1.82) is 0 Å². The first kappa shape index (κ1) is 13.6. The lowest BCUT2D eigenvalue weighted by molar-refractivity contribution is -0.136. The third-order valence-electron chi connectivity index (χ3n) is 3.51. The molecular formula is C13H20N4O2. The molecule has 1 aliphatic heterocycles. The van der Waals surface area contributed by atoms with Gasteiger partial charge in [-0.2, -0.15) is 5.10 Å². The van der Waals surface area contributed by atoms with Crippen molar-refractivity contribution in [2.45, 2.75) is 46.2 Å². The van der Waals surface area contributed by atoms with Crippen LogP contribution in [0.4, 0.5) is 5.69 Å². The maximum atomic E-state index is 11.9. The Morgan fingerprint density at radius 1 is 1.32 bits per heavy atom. The number of aromatic nitrogens is 2. The number of hydrogen-bond acceptors (Lipinski definition) is 4. The van der Waals surface area contributed by atoms with Gasteiger partial charge in [0.1, 0.15) is 6.04 Å². The number of likely N-dealkylation sites (N-methyl/N-ethyl adjacent to an activating group) is 1. The molecule has 1 atom stereocenters. The van der Waals surface area contributed by atoms with E-state index >= 15 is 0 Å². The van der Waals surface area contributed by atoms with E-state index in [4.69, 9.17) is 0 Å². The van der Waals surface area contributed by atoms with E-state index in [1.807, 2.05) is 18.5 Å². The molecule has 0 aromatic carbocycles. The van der Waals surface area contributed by atoms with Crippen molar-refractivity contribution in [3.05, 3.63) is 11.4 Å². The molecule has 1 unspecified atom stereocenters. The Balaban J connectivity index is 2.25. The first-order valence-electron chi connectivity index (χ1n) is 6.45. The molecule has 19 heavy (non-hydrogen) atoms. The van der Waals surface area contributed by atoms with Crippen LogP contribution in [0.5, 0.6) is 0 Å². The summed E-state index contributed by atoms with van der Waals surface area (Å²) in [5, 5.41) is 7.63. The van der Waals surface area contributed by atoms with Crippen molar-refractivity contribution in [1.82, 2.24) is 14.7 Å². The highest BCUT2D eigenvalue weighted by Gasteiger charge is 2.36. The zero-order valence-corrected chi connectivity index (χ0v) is 12.0. The summed E-state index contributed by atoms with van der Waals surface area (Å²) in [6, 6.07) is -0.211. The monoisotopic (exact) mass is 264 g/mol. The van der Waals surface area contributed by atoms with Gasteiger partial charge in [0.2, 0.25) is 5.91 Å². The van der Waals surface area contributed by atoms with Crippen molar-refractivity contribution in [2.24, 2.45) is 0 Å².